The minimum atomic E-state index is -0.413. The zero-order valence-corrected chi connectivity index (χ0v) is 11.5. The number of hydrogen-bond donors (Lipinski definition) is 2. The molecular formula is C15H23NO3. The van der Waals surface area contributed by atoms with Crippen molar-refractivity contribution in [1.29, 1.82) is 0 Å². The van der Waals surface area contributed by atoms with Gasteiger partial charge in [0.1, 0.15) is 0 Å². The highest BCUT2D eigenvalue weighted by molar-refractivity contribution is 5.39. The van der Waals surface area contributed by atoms with Crippen LogP contribution >= 0.6 is 0 Å². The maximum absolute atomic E-state index is 9.41. The van der Waals surface area contributed by atoms with E-state index < -0.39 is 5.54 Å². The second-order valence-electron chi connectivity index (χ2n) is 5.27. The summed E-state index contributed by atoms with van der Waals surface area (Å²) in [5, 5.41) is 9.41. The summed E-state index contributed by atoms with van der Waals surface area (Å²) in [6.45, 7) is 0.663. The first-order valence-corrected chi connectivity index (χ1v) is 6.85. The molecule has 1 saturated carbocycles. The van der Waals surface area contributed by atoms with Crippen LogP contribution in [0.15, 0.2) is 24.3 Å². The van der Waals surface area contributed by atoms with Gasteiger partial charge in [-0.15, -0.1) is 0 Å². The fourth-order valence-electron chi connectivity index (χ4n) is 2.86. The lowest BCUT2D eigenvalue weighted by atomic mass is 9.87. The monoisotopic (exact) mass is 265 g/mol. The van der Waals surface area contributed by atoms with Crippen LogP contribution in [0.5, 0.6) is 11.5 Å². The van der Waals surface area contributed by atoms with Crippen LogP contribution in [0.25, 0.3) is 0 Å². The van der Waals surface area contributed by atoms with Gasteiger partial charge in [-0.3, -0.25) is 0 Å². The fraction of sp³-hybridized carbons (Fsp3) is 0.600. The zero-order valence-electron chi connectivity index (χ0n) is 11.5. The van der Waals surface area contributed by atoms with E-state index in [9.17, 15) is 5.11 Å². The molecule has 4 heteroatoms. The third kappa shape index (κ3) is 3.19. The predicted octanol–water partition coefficient (Wildman–Crippen LogP) is 1.95. The van der Waals surface area contributed by atoms with Crippen LogP contribution in [-0.2, 0) is 0 Å². The van der Waals surface area contributed by atoms with Gasteiger partial charge in [-0.2, -0.15) is 0 Å². The van der Waals surface area contributed by atoms with Crippen molar-refractivity contribution >= 4 is 0 Å². The summed E-state index contributed by atoms with van der Waals surface area (Å²) < 4.78 is 11.0. The number of ether oxygens (including phenoxy) is 2. The van der Waals surface area contributed by atoms with Crippen LogP contribution in [0.2, 0.25) is 0 Å². The average Bonchev–Trinajstić information content (AvgIpc) is 2.81. The van der Waals surface area contributed by atoms with Gasteiger partial charge in [-0.25, -0.2) is 0 Å². The molecule has 0 bridgehead atoms. The van der Waals surface area contributed by atoms with E-state index in [1.54, 1.807) is 7.11 Å². The van der Waals surface area contributed by atoms with Crippen molar-refractivity contribution in [2.75, 3.05) is 20.3 Å². The molecule has 2 unspecified atom stereocenters. The first-order valence-electron chi connectivity index (χ1n) is 6.85. The largest absolute Gasteiger partial charge is 0.493 e. The number of aliphatic hydroxyl groups is 1. The molecule has 1 aliphatic carbocycles. The summed E-state index contributed by atoms with van der Waals surface area (Å²) in [7, 11) is 1.63. The zero-order chi connectivity index (χ0) is 13.7. The Hall–Kier alpha value is -1.26. The molecule has 2 rings (SSSR count). The van der Waals surface area contributed by atoms with Gasteiger partial charge in [0, 0.05) is 5.54 Å². The van der Waals surface area contributed by atoms with Gasteiger partial charge in [-0.05, 0) is 37.3 Å². The lowest BCUT2D eigenvalue weighted by molar-refractivity contribution is 0.142. The van der Waals surface area contributed by atoms with Crippen molar-refractivity contribution in [1.82, 2.24) is 0 Å². The number of aliphatic hydroxyl groups excluding tert-OH is 1. The molecule has 0 amide bonds. The summed E-state index contributed by atoms with van der Waals surface area (Å²) in [5.74, 6) is 1.84. The minimum absolute atomic E-state index is 0.0618. The van der Waals surface area contributed by atoms with E-state index in [1.807, 2.05) is 24.3 Å². The topological polar surface area (TPSA) is 64.7 Å². The van der Waals surface area contributed by atoms with Crippen molar-refractivity contribution in [3.8, 4) is 11.5 Å². The molecule has 19 heavy (non-hydrogen) atoms. The standard InChI is InChI=1S/C15H23NO3/c1-18-13-6-2-3-7-14(13)19-10-8-12-5-4-9-15(12,16)11-17/h2-3,6-7,12,17H,4-5,8-11,16H2,1H3. The van der Waals surface area contributed by atoms with Gasteiger partial charge in [0.25, 0.3) is 0 Å². The molecule has 0 aliphatic heterocycles. The molecule has 0 heterocycles. The van der Waals surface area contributed by atoms with E-state index in [1.165, 1.54) is 0 Å². The normalized spacial score (nSPS) is 26.4. The van der Waals surface area contributed by atoms with Crippen molar-refractivity contribution in [3.05, 3.63) is 24.3 Å². The molecule has 4 nitrogen and oxygen atoms in total. The number of rotatable bonds is 6. The molecule has 0 aromatic heterocycles. The summed E-state index contributed by atoms with van der Waals surface area (Å²) in [6, 6.07) is 7.62. The molecule has 1 fully saturated rings. The third-order valence-electron chi connectivity index (χ3n) is 4.10. The Morgan fingerprint density at radius 1 is 1.37 bits per heavy atom. The van der Waals surface area contributed by atoms with E-state index >= 15 is 0 Å². The van der Waals surface area contributed by atoms with Crippen LogP contribution in [0.1, 0.15) is 25.7 Å². The summed E-state index contributed by atoms with van der Waals surface area (Å²) in [4.78, 5) is 0. The van der Waals surface area contributed by atoms with Crippen LogP contribution in [0.4, 0.5) is 0 Å². The highest BCUT2D eigenvalue weighted by Gasteiger charge is 2.38. The van der Waals surface area contributed by atoms with Gasteiger partial charge >= 0.3 is 0 Å². The van der Waals surface area contributed by atoms with E-state index in [4.69, 9.17) is 15.2 Å². The predicted molar refractivity (Wildman–Crippen MR) is 74.5 cm³/mol. The molecular weight excluding hydrogens is 242 g/mol. The lowest BCUT2D eigenvalue weighted by Gasteiger charge is -2.29. The van der Waals surface area contributed by atoms with Crippen molar-refractivity contribution in [2.45, 2.75) is 31.2 Å². The molecule has 1 aromatic carbocycles. The maximum atomic E-state index is 9.41. The van der Waals surface area contributed by atoms with Crippen molar-refractivity contribution in [2.24, 2.45) is 11.7 Å². The smallest absolute Gasteiger partial charge is 0.161 e. The molecule has 1 aliphatic rings. The molecule has 3 N–H and O–H groups in total. The summed E-state index contributed by atoms with van der Waals surface area (Å²) >= 11 is 0. The Morgan fingerprint density at radius 3 is 2.79 bits per heavy atom. The molecule has 0 spiro atoms. The third-order valence-corrected chi connectivity index (χ3v) is 4.10. The second-order valence-corrected chi connectivity index (χ2v) is 5.27. The second kappa shape index (κ2) is 6.26. The van der Waals surface area contributed by atoms with E-state index in [0.29, 0.717) is 12.5 Å². The van der Waals surface area contributed by atoms with Crippen molar-refractivity contribution < 1.29 is 14.6 Å². The molecule has 2 atom stereocenters. The van der Waals surface area contributed by atoms with Gasteiger partial charge in [0.15, 0.2) is 11.5 Å². The highest BCUT2D eigenvalue weighted by atomic mass is 16.5. The van der Waals surface area contributed by atoms with Crippen LogP contribution in [0, 0.1) is 5.92 Å². The fourth-order valence-corrected chi connectivity index (χ4v) is 2.86. The van der Waals surface area contributed by atoms with Crippen LogP contribution in [-0.4, -0.2) is 31.0 Å². The first kappa shape index (κ1) is 14.2. The number of benzene rings is 1. The Labute approximate surface area is 114 Å². The quantitative estimate of drug-likeness (QED) is 0.825. The highest BCUT2D eigenvalue weighted by Crippen LogP contribution is 2.36. The average molecular weight is 265 g/mol. The van der Waals surface area contributed by atoms with Gasteiger partial charge in [-0.1, -0.05) is 18.6 Å². The Morgan fingerprint density at radius 2 is 2.11 bits per heavy atom. The SMILES string of the molecule is COc1ccccc1OCCC1CCCC1(N)CO. The molecule has 0 radical (unpaired) electrons. The van der Waals surface area contributed by atoms with Gasteiger partial charge < -0.3 is 20.3 Å². The number of para-hydroxylation sites is 2. The van der Waals surface area contributed by atoms with Crippen LogP contribution in [0.3, 0.4) is 0 Å². The number of methoxy groups -OCH3 is 1. The number of nitrogens with two attached hydrogens (primary N) is 1. The molecule has 0 saturated heterocycles. The molecule has 1 aromatic rings. The van der Waals surface area contributed by atoms with E-state index in [0.717, 1.165) is 37.2 Å². The Balaban J connectivity index is 1.86. The summed E-state index contributed by atoms with van der Waals surface area (Å²) in [6.07, 6.45) is 3.95. The van der Waals surface area contributed by atoms with E-state index in [-0.39, 0.29) is 6.61 Å². The van der Waals surface area contributed by atoms with Crippen molar-refractivity contribution in [3.63, 3.8) is 0 Å². The van der Waals surface area contributed by atoms with Gasteiger partial charge in [0.05, 0.1) is 20.3 Å². The first-order chi connectivity index (χ1) is 9.19. The molecule has 106 valence electrons. The minimum Gasteiger partial charge on any atom is -0.493 e. The van der Waals surface area contributed by atoms with Gasteiger partial charge in [0.2, 0.25) is 0 Å². The maximum Gasteiger partial charge on any atom is 0.161 e. The summed E-state index contributed by atoms with van der Waals surface area (Å²) in [5.41, 5.74) is 5.80. The van der Waals surface area contributed by atoms with Crippen LogP contribution < -0.4 is 15.2 Å². The lowest BCUT2D eigenvalue weighted by Crippen LogP contribution is -2.47. The Kier molecular flexibility index (Phi) is 4.66. The Bertz CT molecular complexity index is 410. The number of hydrogen-bond acceptors (Lipinski definition) is 4. The van der Waals surface area contributed by atoms with E-state index in [2.05, 4.69) is 0 Å².